The zero-order valence-corrected chi connectivity index (χ0v) is 10.4. The summed E-state index contributed by atoms with van der Waals surface area (Å²) in [5, 5.41) is 0. The molecule has 1 aromatic heterocycles. The van der Waals surface area contributed by atoms with Crippen molar-refractivity contribution >= 4 is 5.82 Å². The third-order valence-electron chi connectivity index (χ3n) is 2.51. The van der Waals surface area contributed by atoms with Gasteiger partial charge in [-0.3, -0.25) is 0 Å². The maximum absolute atomic E-state index is 12.1. The fraction of sp³-hybridized carbons (Fsp3) is 0.154. The Balaban J connectivity index is 2.30. The molecule has 106 valence electrons. The van der Waals surface area contributed by atoms with E-state index < -0.39 is 6.36 Å². The summed E-state index contributed by atoms with van der Waals surface area (Å²) in [6.45, 7) is 0. The molecular formula is C13H11F3N2O2. The Morgan fingerprint density at radius 2 is 1.80 bits per heavy atom. The van der Waals surface area contributed by atoms with Crippen molar-refractivity contribution in [3.05, 3.63) is 36.5 Å². The number of nitrogen functional groups attached to an aromatic ring is 1. The van der Waals surface area contributed by atoms with Gasteiger partial charge in [-0.1, -0.05) is 12.1 Å². The average Bonchev–Trinajstić information content (AvgIpc) is 2.38. The zero-order valence-electron chi connectivity index (χ0n) is 10.4. The second-order valence-corrected chi connectivity index (χ2v) is 3.88. The SMILES string of the molecule is COc1cc(N)ncc1-c1ccc(OC(F)(F)F)cc1. The van der Waals surface area contributed by atoms with Gasteiger partial charge in [-0.2, -0.15) is 0 Å². The summed E-state index contributed by atoms with van der Waals surface area (Å²) < 4.78 is 45.1. The quantitative estimate of drug-likeness (QED) is 0.940. The van der Waals surface area contributed by atoms with Crippen LogP contribution in [0.1, 0.15) is 0 Å². The fourth-order valence-electron chi connectivity index (χ4n) is 1.67. The van der Waals surface area contributed by atoms with E-state index in [1.807, 2.05) is 0 Å². The number of alkyl halides is 3. The van der Waals surface area contributed by atoms with Gasteiger partial charge in [0.15, 0.2) is 0 Å². The summed E-state index contributed by atoms with van der Waals surface area (Å²) in [4.78, 5) is 3.93. The van der Waals surface area contributed by atoms with E-state index in [9.17, 15) is 13.2 Å². The molecule has 1 aromatic carbocycles. The van der Waals surface area contributed by atoms with Crippen molar-refractivity contribution in [3.63, 3.8) is 0 Å². The molecule has 0 saturated carbocycles. The number of nitrogens with two attached hydrogens (primary N) is 1. The van der Waals surface area contributed by atoms with Gasteiger partial charge in [-0.05, 0) is 17.7 Å². The first-order chi connectivity index (χ1) is 9.39. The number of halogens is 3. The van der Waals surface area contributed by atoms with E-state index >= 15 is 0 Å². The van der Waals surface area contributed by atoms with Crippen LogP contribution in [0.15, 0.2) is 36.5 Å². The Hall–Kier alpha value is -2.44. The number of hydrogen-bond donors (Lipinski definition) is 1. The summed E-state index contributed by atoms with van der Waals surface area (Å²) in [7, 11) is 1.47. The molecule has 0 aliphatic rings. The third-order valence-corrected chi connectivity index (χ3v) is 2.51. The van der Waals surface area contributed by atoms with Gasteiger partial charge < -0.3 is 15.2 Å². The van der Waals surface area contributed by atoms with Gasteiger partial charge in [-0.25, -0.2) is 4.98 Å². The number of nitrogens with zero attached hydrogens (tertiary/aromatic N) is 1. The molecule has 0 fully saturated rings. The molecular weight excluding hydrogens is 273 g/mol. The largest absolute Gasteiger partial charge is 0.573 e. The predicted molar refractivity (Wildman–Crippen MR) is 67.3 cm³/mol. The van der Waals surface area contributed by atoms with Gasteiger partial charge in [0.05, 0.1) is 7.11 Å². The summed E-state index contributed by atoms with van der Waals surface area (Å²) in [5.74, 6) is 0.494. The molecule has 0 spiro atoms. The highest BCUT2D eigenvalue weighted by molar-refractivity contribution is 5.71. The van der Waals surface area contributed by atoms with Crippen LogP contribution in [0.5, 0.6) is 11.5 Å². The molecule has 20 heavy (non-hydrogen) atoms. The van der Waals surface area contributed by atoms with Crippen LogP contribution in [0.3, 0.4) is 0 Å². The summed E-state index contributed by atoms with van der Waals surface area (Å²) in [6.07, 6.45) is -3.21. The van der Waals surface area contributed by atoms with Crippen molar-refractivity contribution in [2.24, 2.45) is 0 Å². The lowest BCUT2D eigenvalue weighted by Crippen LogP contribution is -2.16. The summed E-state index contributed by atoms with van der Waals surface area (Å²) in [5.41, 5.74) is 6.81. The normalized spacial score (nSPS) is 11.2. The van der Waals surface area contributed by atoms with Gasteiger partial charge in [0.1, 0.15) is 17.3 Å². The number of rotatable bonds is 3. The maximum Gasteiger partial charge on any atom is 0.573 e. The second-order valence-electron chi connectivity index (χ2n) is 3.88. The number of aromatic nitrogens is 1. The first kappa shape index (κ1) is 14.0. The molecule has 2 N–H and O–H groups in total. The van der Waals surface area contributed by atoms with Crippen LogP contribution in [0.4, 0.5) is 19.0 Å². The van der Waals surface area contributed by atoms with E-state index in [1.165, 1.54) is 43.6 Å². The Kier molecular flexibility index (Phi) is 3.69. The molecule has 0 unspecified atom stereocenters. The maximum atomic E-state index is 12.1. The highest BCUT2D eigenvalue weighted by Gasteiger charge is 2.30. The molecule has 2 rings (SSSR count). The summed E-state index contributed by atoms with van der Waals surface area (Å²) >= 11 is 0. The van der Waals surface area contributed by atoms with Crippen LogP contribution >= 0.6 is 0 Å². The van der Waals surface area contributed by atoms with Crippen LogP contribution in [-0.4, -0.2) is 18.5 Å². The van der Waals surface area contributed by atoms with Crippen molar-refractivity contribution in [2.75, 3.05) is 12.8 Å². The predicted octanol–water partition coefficient (Wildman–Crippen LogP) is 3.24. The topological polar surface area (TPSA) is 57.4 Å². The summed E-state index contributed by atoms with van der Waals surface area (Å²) in [6, 6.07) is 6.94. The molecule has 0 aliphatic carbocycles. The number of ether oxygens (including phenoxy) is 2. The lowest BCUT2D eigenvalue weighted by atomic mass is 10.1. The first-order valence-corrected chi connectivity index (χ1v) is 5.55. The molecule has 7 heteroatoms. The monoisotopic (exact) mass is 284 g/mol. The number of pyridine rings is 1. The molecule has 0 bridgehead atoms. The van der Waals surface area contributed by atoms with Crippen molar-refractivity contribution in [3.8, 4) is 22.6 Å². The van der Waals surface area contributed by atoms with Crippen LogP contribution in [-0.2, 0) is 0 Å². The number of benzene rings is 1. The van der Waals surface area contributed by atoms with E-state index in [2.05, 4.69) is 9.72 Å². The lowest BCUT2D eigenvalue weighted by Gasteiger charge is -2.11. The van der Waals surface area contributed by atoms with E-state index in [0.717, 1.165) is 0 Å². The van der Waals surface area contributed by atoms with E-state index in [1.54, 1.807) is 0 Å². The van der Waals surface area contributed by atoms with Gasteiger partial charge in [-0.15, -0.1) is 13.2 Å². The van der Waals surface area contributed by atoms with E-state index in [4.69, 9.17) is 10.5 Å². The van der Waals surface area contributed by atoms with Gasteiger partial charge in [0, 0.05) is 17.8 Å². The van der Waals surface area contributed by atoms with Crippen molar-refractivity contribution in [2.45, 2.75) is 6.36 Å². The Morgan fingerprint density at radius 3 is 2.35 bits per heavy atom. The van der Waals surface area contributed by atoms with Crippen LogP contribution in [0.25, 0.3) is 11.1 Å². The zero-order chi connectivity index (χ0) is 14.8. The highest BCUT2D eigenvalue weighted by Crippen LogP contribution is 2.32. The first-order valence-electron chi connectivity index (χ1n) is 5.55. The minimum Gasteiger partial charge on any atom is -0.496 e. The molecule has 4 nitrogen and oxygen atoms in total. The van der Waals surface area contributed by atoms with E-state index in [0.29, 0.717) is 22.7 Å². The van der Waals surface area contributed by atoms with Gasteiger partial charge >= 0.3 is 6.36 Å². The lowest BCUT2D eigenvalue weighted by molar-refractivity contribution is -0.274. The third kappa shape index (κ3) is 3.31. The molecule has 0 saturated heterocycles. The van der Waals surface area contributed by atoms with Crippen molar-refractivity contribution in [1.82, 2.24) is 4.98 Å². The Morgan fingerprint density at radius 1 is 1.15 bits per heavy atom. The number of hydrogen-bond acceptors (Lipinski definition) is 4. The minimum absolute atomic E-state index is 0.288. The highest BCUT2D eigenvalue weighted by atomic mass is 19.4. The molecule has 2 aromatic rings. The minimum atomic E-state index is -4.71. The van der Waals surface area contributed by atoms with Crippen molar-refractivity contribution in [1.29, 1.82) is 0 Å². The fourth-order valence-corrected chi connectivity index (χ4v) is 1.67. The van der Waals surface area contributed by atoms with Crippen LogP contribution in [0.2, 0.25) is 0 Å². The second kappa shape index (κ2) is 5.28. The molecule has 1 heterocycles. The van der Waals surface area contributed by atoms with Crippen LogP contribution < -0.4 is 15.2 Å². The number of anilines is 1. The molecule has 0 radical (unpaired) electrons. The Labute approximate surface area is 113 Å². The van der Waals surface area contributed by atoms with E-state index in [-0.39, 0.29) is 5.75 Å². The van der Waals surface area contributed by atoms with Crippen LogP contribution in [0, 0.1) is 0 Å². The Bertz CT molecular complexity index is 598. The van der Waals surface area contributed by atoms with Gasteiger partial charge in [0.2, 0.25) is 0 Å². The molecule has 0 aliphatic heterocycles. The molecule has 0 amide bonds. The molecule has 0 atom stereocenters. The average molecular weight is 284 g/mol. The number of methoxy groups -OCH3 is 1. The van der Waals surface area contributed by atoms with Crippen molar-refractivity contribution < 1.29 is 22.6 Å². The smallest absolute Gasteiger partial charge is 0.496 e. The van der Waals surface area contributed by atoms with Gasteiger partial charge in [0.25, 0.3) is 0 Å². The standard InChI is InChI=1S/C13H11F3N2O2/c1-19-11-6-12(17)18-7-10(11)8-2-4-9(5-3-8)20-13(14,15)16/h2-7H,1H3,(H2,17,18).